The summed E-state index contributed by atoms with van der Waals surface area (Å²) < 4.78 is 5.10. The first-order valence-electron chi connectivity index (χ1n) is 6.63. The maximum absolute atomic E-state index is 10.1. The van der Waals surface area contributed by atoms with Crippen LogP contribution in [0, 0.1) is 5.92 Å². The predicted molar refractivity (Wildman–Crippen MR) is 74.9 cm³/mol. The number of ether oxygens (including phenoxy) is 1. The first-order valence-corrected chi connectivity index (χ1v) is 6.63. The van der Waals surface area contributed by atoms with Gasteiger partial charge < -0.3 is 15.2 Å². The summed E-state index contributed by atoms with van der Waals surface area (Å²) in [7, 11) is 1.64. The third kappa shape index (κ3) is 4.31. The molecule has 0 amide bonds. The lowest BCUT2D eigenvalue weighted by Crippen LogP contribution is -2.34. The molecule has 1 rings (SSSR count). The fourth-order valence-corrected chi connectivity index (χ4v) is 1.80. The Morgan fingerprint density at radius 3 is 2.33 bits per heavy atom. The van der Waals surface area contributed by atoms with Gasteiger partial charge in [-0.2, -0.15) is 0 Å². The second-order valence-electron chi connectivity index (χ2n) is 4.87. The minimum atomic E-state index is -0.470. The largest absolute Gasteiger partial charge is 0.497 e. The Bertz CT molecular complexity index is 337. The van der Waals surface area contributed by atoms with Crippen molar-refractivity contribution in [3.05, 3.63) is 29.8 Å². The molecule has 102 valence electrons. The number of hydrogen-bond acceptors (Lipinski definition) is 3. The van der Waals surface area contributed by atoms with E-state index in [1.54, 1.807) is 7.11 Å². The summed E-state index contributed by atoms with van der Waals surface area (Å²) in [6.45, 7) is 7.15. The van der Waals surface area contributed by atoms with Crippen LogP contribution in [0.1, 0.15) is 38.9 Å². The molecule has 3 unspecified atom stereocenters. The van der Waals surface area contributed by atoms with Crippen LogP contribution in [0.5, 0.6) is 5.75 Å². The van der Waals surface area contributed by atoms with E-state index in [9.17, 15) is 5.11 Å². The minimum Gasteiger partial charge on any atom is -0.497 e. The van der Waals surface area contributed by atoms with Crippen LogP contribution in [0.15, 0.2) is 24.3 Å². The van der Waals surface area contributed by atoms with Crippen LogP contribution in [-0.4, -0.2) is 24.8 Å². The predicted octanol–water partition coefficient (Wildman–Crippen LogP) is 2.75. The molecule has 3 nitrogen and oxygen atoms in total. The lowest BCUT2D eigenvalue weighted by molar-refractivity contribution is 0.166. The van der Waals surface area contributed by atoms with Gasteiger partial charge >= 0.3 is 0 Å². The summed E-state index contributed by atoms with van der Waals surface area (Å²) in [6.07, 6.45) is 0.676. The van der Waals surface area contributed by atoms with Crippen molar-refractivity contribution in [2.24, 2.45) is 5.92 Å². The Morgan fingerprint density at radius 1 is 1.22 bits per heavy atom. The van der Waals surface area contributed by atoms with Crippen molar-refractivity contribution in [3.8, 4) is 5.75 Å². The molecule has 0 spiro atoms. The number of rotatable bonds is 7. The number of nitrogens with one attached hydrogen (secondary N) is 1. The molecule has 0 bridgehead atoms. The maximum atomic E-state index is 10.1. The highest BCUT2D eigenvalue weighted by Crippen LogP contribution is 2.17. The molecule has 0 saturated heterocycles. The standard InChI is InChI=1S/C15H25NO2/c1-5-11(2)12(3)16-10-15(17)13-6-8-14(18-4)9-7-13/h6-9,11-12,15-17H,5,10H2,1-4H3. The van der Waals surface area contributed by atoms with Crippen LogP contribution in [-0.2, 0) is 0 Å². The fourth-order valence-electron chi connectivity index (χ4n) is 1.80. The smallest absolute Gasteiger partial charge is 0.118 e. The minimum absolute atomic E-state index is 0.419. The quantitative estimate of drug-likeness (QED) is 0.783. The Kier molecular flexibility index (Phi) is 6.16. The molecule has 18 heavy (non-hydrogen) atoms. The summed E-state index contributed by atoms with van der Waals surface area (Å²) in [4.78, 5) is 0. The summed E-state index contributed by atoms with van der Waals surface area (Å²) in [5, 5.41) is 13.5. The SMILES string of the molecule is CCC(C)C(C)NCC(O)c1ccc(OC)cc1. The van der Waals surface area contributed by atoms with Crippen LogP contribution in [0.3, 0.4) is 0 Å². The Hall–Kier alpha value is -1.06. The lowest BCUT2D eigenvalue weighted by Gasteiger charge is -2.22. The summed E-state index contributed by atoms with van der Waals surface area (Å²) in [5.41, 5.74) is 0.916. The molecule has 0 aromatic heterocycles. The molecular formula is C15H25NO2. The van der Waals surface area contributed by atoms with E-state index in [1.807, 2.05) is 24.3 Å². The Morgan fingerprint density at radius 2 is 1.83 bits per heavy atom. The van der Waals surface area contributed by atoms with E-state index in [-0.39, 0.29) is 0 Å². The van der Waals surface area contributed by atoms with E-state index < -0.39 is 6.10 Å². The molecule has 0 radical (unpaired) electrons. The number of methoxy groups -OCH3 is 1. The molecule has 0 aliphatic rings. The fraction of sp³-hybridized carbons (Fsp3) is 0.600. The van der Waals surface area contributed by atoms with Crippen LogP contribution in [0.4, 0.5) is 0 Å². The summed E-state index contributed by atoms with van der Waals surface area (Å²) >= 11 is 0. The van der Waals surface area contributed by atoms with E-state index >= 15 is 0 Å². The molecule has 3 atom stereocenters. The zero-order chi connectivity index (χ0) is 13.5. The van der Waals surface area contributed by atoms with E-state index in [0.29, 0.717) is 18.5 Å². The van der Waals surface area contributed by atoms with Gasteiger partial charge in [-0.15, -0.1) is 0 Å². The van der Waals surface area contributed by atoms with E-state index in [0.717, 1.165) is 17.7 Å². The third-order valence-electron chi connectivity index (χ3n) is 3.63. The molecule has 0 saturated carbocycles. The average molecular weight is 251 g/mol. The third-order valence-corrected chi connectivity index (χ3v) is 3.63. The van der Waals surface area contributed by atoms with Crippen molar-refractivity contribution >= 4 is 0 Å². The van der Waals surface area contributed by atoms with Crippen LogP contribution < -0.4 is 10.1 Å². The Labute approximate surface area is 110 Å². The van der Waals surface area contributed by atoms with Gasteiger partial charge in [0.1, 0.15) is 5.75 Å². The van der Waals surface area contributed by atoms with Crippen LogP contribution in [0.2, 0.25) is 0 Å². The maximum Gasteiger partial charge on any atom is 0.118 e. The van der Waals surface area contributed by atoms with Gasteiger partial charge in [0.15, 0.2) is 0 Å². The topological polar surface area (TPSA) is 41.5 Å². The van der Waals surface area contributed by atoms with Crippen molar-refractivity contribution in [2.75, 3.05) is 13.7 Å². The van der Waals surface area contributed by atoms with Gasteiger partial charge in [-0.3, -0.25) is 0 Å². The van der Waals surface area contributed by atoms with E-state index in [2.05, 4.69) is 26.1 Å². The van der Waals surface area contributed by atoms with Gasteiger partial charge in [0.2, 0.25) is 0 Å². The molecule has 0 fully saturated rings. The molecule has 3 heteroatoms. The highest BCUT2D eigenvalue weighted by atomic mass is 16.5. The normalized spacial score (nSPS) is 16.1. The molecule has 1 aromatic carbocycles. The monoisotopic (exact) mass is 251 g/mol. The number of aliphatic hydroxyl groups is 1. The zero-order valence-corrected chi connectivity index (χ0v) is 11.8. The van der Waals surface area contributed by atoms with Crippen molar-refractivity contribution in [1.29, 1.82) is 0 Å². The van der Waals surface area contributed by atoms with Crippen molar-refractivity contribution < 1.29 is 9.84 Å². The van der Waals surface area contributed by atoms with Gasteiger partial charge in [0.05, 0.1) is 13.2 Å². The second kappa shape index (κ2) is 7.39. The average Bonchev–Trinajstić information content (AvgIpc) is 2.43. The molecular weight excluding hydrogens is 226 g/mol. The van der Waals surface area contributed by atoms with Crippen LogP contribution >= 0.6 is 0 Å². The van der Waals surface area contributed by atoms with E-state index in [1.165, 1.54) is 0 Å². The number of hydrogen-bond donors (Lipinski definition) is 2. The van der Waals surface area contributed by atoms with Gasteiger partial charge in [0.25, 0.3) is 0 Å². The van der Waals surface area contributed by atoms with Crippen LogP contribution in [0.25, 0.3) is 0 Å². The van der Waals surface area contributed by atoms with Crippen molar-refractivity contribution in [2.45, 2.75) is 39.3 Å². The van der Waals surface area contributed by atoms with E-state index in [4.69, 9.17) is 4.74 Å². The second-order valence-corrected chi connectivity index (χ2v) is 4.87. The summed E-state index contributed by atoms with van der Waals surface area (Å²) in [6, 6.07) is 7.97. The zero-order valence-electron chi connectivity index (χ0n) is 11.8. The Balaban J connectivity index is 2.46. The van der Waals surface area contributed by atoms with Gasteiger partial charge in [-0.1, -0.05) is 32.4 Å². The first-order chi connectivity index (χ1) is 8.58. The highest BCUT2D eigenvalue weighted by molar-refractivity contribution is 5.28. The molecule has 2 N–H and O–H groups in total. The first kappa shape index (κ1) is 15.0. The molecule has 0 aliphatic heterocycles. The van der Waals surface area contributed by atoms with Gasteiger partial charge in [-0.25, -0.2) is 0 Å². The van der Waals surface area contributed by atoms with Crippen molar-refractivity contribution in [1.82, 2.24) is 5.32 Å². The van der Waals surface area contributed by atoms with Crippen molar-refractivity contribution in [3.63, 3.8) is 0 Å². The highest BCUT2D eigenvalue weighted by Gasteiger charge is 2.13. The molecule has 0 aliphatic carbocycles. The van der Waals surface area contributed by atoms with Gasteiger partial charge in [0, 0.05) is 12.6 Å². The van der Waals surface area contributed by atoms with Gasteiger partial charge in [-0.05, 0) is 30.5 Å². The summed E-state index contributed by atoms with van der Waals surface area (Å²) in [5.74, 6) is 1.43. The number of aliphatic hydroxyl groups excluding tert-OH is 1. The molecule has 0 heterocycles. The number of benzene rings is 1. The molecule has 1 aromatic rings. The lowest BCUT2D eigenvalue weighted by atomic mass is 10.0.